The number of anilines is 2. The summed E-state index contributed by atoms with van der Waals surface area (Å²) in [6.07, 6.45) is 10.7. The molecule has 4 N–H and O–H groups in total. The normalized spacial score (nSPS) is 18.6. The number of hydrogen-bond acceptors (Lipinski definition) is 5. The average molecular weight is 261 g/mol. The summed E-state index contributed by atoms with van der Waals surface area (Å²) in [7, 11) is 0. The minimum Gasteiger partial charge on any atom is -0.394 e. The highest BCUT2D eigenvalue weighted by Gasteiger charge is 2.32. The van der Waals surface area contributed by atoms with Crippen molar-refractivity contribution in [3.63, 3.8) is 0 Å². The van der Waals surface area contributed by atoms with E-state index in [-0.39, 0.29) is 12.1 Å². The maximum Gasteiger partial charge on any atom is 0.180 e. The highest BCUT2D eigenvalue weighted by atomic mass is 16.3. The van der Waals surface area contributed by atoms with Gasteiger partial charge in [0.25, 0.3) is 0 Å². The molecule has 3 rings (SSSR count). The highest BCUT2D eigenvalue weighted by molar-refractivity contribution is 5.65. The van der Waals surface area contributed by atoms with Crippen LogP contribution in [-0.4, -0.2) is 31.6 Å². The first kappa shape index (κ1) is 12.2. The molecule has 0 aromatic carbocycles. The van der Waals surface area contributed by atoms with E-state index in [9.17, 15) is 5.11 Å². The molecular formula is C13H19N5O. The fourth-order valence-electron chi connectivity index (χ4n) is 2.84. The van der Waals surface area contributed by atoms with E-state index in [0.29, 0.717) is 11.6 Å². The number of nitrogen functional groups attached to an aromatic ring is 1. The summed E-state index contributed by atoms with van der Waals surface area (Å²) >= 11 is 0. The van der Waals surface area contributed by atoms with E-state index in [2.05, 4.69) is 15.3 Å². The molecule has 1 aliphatic rings. The Labute approximate surface area is 111 Å². The number of aliphatic hydroxyl groups is 1. The Morgan fingerprint density at radius 1 is 1.37 bits per heavy atom. The summed E-state index contributed by atoms with van der Waals surface area (Å²) in [5.41, 5.74) is 6.27. The number of nitrogens with one attached hydrogen (secondary N) is 1. The summed E-state index contributed by atoms with van der Waals surface area (Å²) in [5, 5.41) is 13.1. The maximum atomic E-state index is 9.75. The van der Waals surface area contributed by atoms with Crippen molar-refractivity contribution in [3.05, 3.63) is 18.6 Å². The van der Waals surface area contributed by atoms with E-state index in [4.69, 9.17) is 5.73 Å². The van der Waals surface area contributed by atoms with Gasteiger partial charge in [-0.2, -0.15) is 0 Å². The van der Waals surface area contributed by atoms with Crippen LogP contribution in [0.2, 0.25) is 0 Å². The quantitative estimate of drug-likeness (QED) is 0.777. The summed E-state index contributed by atoms with van der Waals surface area (Å²) < 4.78 is 1.85. The third-order valence-corrected chi connectivity index (χ3v) is 3.89. The number of aromatic nitrogens is 3. The van der Waals surface area contributed by atoms with Gasteiger partial charge < -0.3 is 20.6 Å². The summed E-state index contributed by atoms with van der Waals surface area (Å²) in [6, 6.07) is 0. The molecule has 2 aromatic heterocycles. The van der Waals surface area contributed by atoms with Crippen molar-refractivity contribution >= 4 is 17.3 Å². The predicted molar refractivity (Wildman–Crippen MR) is 73.9 cm³/mol. The number of aliphatic hydroxyl groups excluding tert-OH is 1. The van der Waals surface area contributed by atoms with Crippen molar-refractivity contribution in [3.8, 4) is 0 Å². The number of fused-ring (bicyclic) bond motifs is 1. The highest BCUT2D eigenvalue weighted by Crippen LogP contribution is 2.32. The molecule has 0 saturated heterocycles. The van der Waals surface area contributed by atoms with Crippen LogP contribution in [-0.2, 0) is 0 Å². The lowest BCUT2D eigenvalue weighted by atomic mass is 9.82. The minimum atomic E-state index is -0.286. The standard InChI is InChI=1S/C13H19N5O/c14-10-8-18-7-6-15-12(18)11(16-10)17-13(9-19)4-2-1-3-5-13/h6-8,19H,1-5,9,14H2,(H,16,17). The third kappa shape index (κ3) is 2.23. The second kappa shape index (κ2) is 4.70. The van der Waals surface area contributed by atoms with E-state index in [0.717, 1.165) is 31.3 Å². The number of nitrogens with two attached hydrogens (primary N) is 1. The molecule has 6 heteroatoms. The van der Waals surface area contributed by atoms with Crippen molar-refractivity contribution in [2.24, 2.45) is 0 Å². The first-order chi connectivity index (χ1) is 9.22. The van der Waals surface area contributed by atoms with Gasteiger partial charge in [-0.15, -0.1) is 0 Å². The van der Waals surface area contributed by atoms with Crippen LogP contribution in [0.1, 0.15) is 32.1 Å². The fourth-order valence-corrected chi connectivity index (χ4v) is 2.84. The Bertz CT molecular complexity index is 573. The molecule has 1 aliphatic carbocycles. The topological polar surface area (TPSA) is 88.5 Å². The zero-order chi connectivity index (χ0) is 13.3. The van der Waals surface area contributed by atoms with Crippen molar-refractivity contribution in [1.29, 1.82) is 0 Å². The smallest absolute Gasteiger partial charge is 0.180 e. The second-order valence-corrected chi connectivity index (χ2v) is 5.30. The molecule has 2 heterocycles. The number of hydrogen-bond donors (Lipinski definition) is 3. The molecule has 0 spiro atoms. The lowest BCUT2D eigenvalue weighted by Crippen LogP contribution is -2.44. The Kier molecular flexibility index (Phi) is 3.02. The summed E-state index contributed by atoms with van der Waals surface area (Å²) in [5.74, 6) is 1.10. The SMILES string of the molecule is Nc1cn2ccnc2c(NC2(CO)CCCCC2)n1. The molecule has 0 aliphatic heterocycles. The van der Waals surface area contributed by atoms with Gasteiger partial charge in [0.1, 0.15) is 5.82 Å². The molecule has 0 unspecified atom stereocenters. The van der Waals surface area contributed by atoms with E-state index in [1.54, 1.807) is 12.4 Å². The van der Waals surface area contributed by atoms with Gasteiger partial charge in [-0.25, -0.2) is 9.97 Å². The fraction of sp³-hybridized carbons (Fsp3) is 0.538. The number of imidazole rings is 1. The Morgan fingerprint density at radius 3 is 2.89 bits per heavy atom. The zero-order valence-electron chi connectivity index (χ0n) is 10.8. The largest absolute Gasteiger partial charge is 0.394 e. The van der Waals surface area contributed by atoms with Crippen LogP contribution in [0, 0.1) is 0 Å². The zero-order valence-corrected chi connectivity index (χ0v) is 10.8. The molecule has 2 aromatic rings. The molecule has 0 atom stereocenters. The van der Waals surface area contributed by atoms with E-state index in [1.165, 1.54) is 6.42 Å². The minimum absolute atomic E-state index is 0.107. The Morgan fingerprint density at radius 2 is 2.16 bits per heavy atom. The molecule has 19 heavy (non-hydrogen) atoms. The molecular weight excluding hydrogens is 242 g/mol. The molecule has 0 amide bonds. The lowest BCUT2D eigenvalue weighted by Gasteiger charge is -2.36. The van der Waals surface area contributed by atoms with Crippen LogP contribution in [0.25, 0.3) is 5.65 Å². The second-order valence-electron chi connectivity index (χ2n) is 5.30. The number of nitrogens with zero attached hydrogens (tertiary/aromatic N) is 3. The van der Waals surface area contributed by atoms with Gasteiger partial charge in [0.05, 0.1) is 18.3 Å². The predicted octanol–water partition coefficient (Wildman–Crippen LogP) is 1.42. The van der Waals surface area contributed by atoms with Crippen LogP contribution >= 0.6 is 0 Å². The summed E-state index contributed by atoms with van der Waals surface area (Å²) in [4.78, 5) is 8.62. The molecule has 0 radical (unpaired) electrons. The summed E-state index contributed by atoms with van der Waals surface area (Å²) in [6.45, 7) is 0.107. The van der Waals surface area contributed by atoms with E-state index in [1.807, 2.05) is 10.6 Å². The van der Waals surface area contributed by atoms with E-state index >= 15 is 0 Å². The average Bonchev–Trinajstić information content (AvgIpc) is 2.88. The monoisotopic (exact) mass is 261 g/mol. The van der Waals surface area contributed by atoms with Crippen LogP contribution < -0.4 is 11.1 Å². The van der Waals surface area contributed by atoms with Crippen LogP contribution in [0.3, 0.4) is 0 Å². The van der Waals surface area contributed by atoms with Crippen molar-refractivity contribution in [2.45, 2.75) is 37.6 Å². The lowest BCUT2D eigenvalue weighted by molar-refractivity contribution is 0.172. The molecule has 102 valence electrons. The Hall–Kier alpha value is -1.82. The third-order valence-electron chi connectivity index (χ3n) is 3.89. The van der Waals surface area contributed by atoms with Crippen molar-refractivity contribution in [2.75, 3.05) is 17.7 Å². The van der Waals surface area contributed by atoms with E-state index < -0.39 is 0 Å². The van der Waals surface area contributed by atoms with Gasteiger partial charge in [0.2, 0.25) is 0 Å². The molecule has 0 bridgehead atoms. The van der Waals surface area contributed by atoms with Gasteiger partial charge in [0.15, 0.2) is 11.5 Å². The van der Waals surface area contributed by atoms with Gasteiger partial charge in [-0.1, -0.05) is 19.3 Å². The van der Waals surface area contributed by atoms with Crippen molar-refractivity contribution < 1.29 is 5.11 Å². The molecule has 1 saturated carbocycles. The van der Waals surface area contributed by atoms with Crippen LogP contribution in [0.5, 0.6) is 0 Å². The van der Waals surface area contributed by atoms with Crippen LogP contribution in [0.4, 0.5) is 11.6 Å². The number of rotatable bonds is 3. The van der Waals surface area contributed by atoms with Gasteiger partial charge in [-0.3, -0.25) is 0 Å². The molecule has 1 fully saturated rings. The van der Waals surface area contributed by atoms with Gasteiger partial charge >= 0.3 is 0 Å². The first-order valence-electron chi connectivity index (χ1n) is 6.71. The Balaban J connectivity index is 1.97. The van der Waals surface area contributed by atoms with Gasteiger partial charge in [-0.05, 0) is 12.8 Å². The van der Waals surface area contributed by atoms with Gasteiger partial charge in [0, 0.05) is 12.4 Å². The van der Waals surface area contributed by atoms with Crippen LogP contribution in [0.15, 0.2) is 18.6 Å². The first-order valence-corrected chi connectivity index (χ1v) is 6.71. The molecule has 6 nitrogen and oxygen atoms in total. The van der Waals surface area contributed by atoms with Crippen molar-refractivity contribution in [1.82, 2.24) is 14.4 Å². The maximum absolute atomic E-state index is 9.75.